The molecule has 4 heteroatoms. The molecule has 0 saturated heterocycles. The van der Waals surface area contributed by atoms with Crippen molar-refractivity contribution in [2.24, 2.45) is 0 Å². The number of hydrogen-bond donors (Lipinski definition) is 0. The monoisotopic (exact) mass is 240 g/mol. The van der Waals surface area contributed by atoms with Gasteiger partial charge in [0.25, 0.3) is 0 Å². The van der Waals surface area contributed by atoms with Crippen LogP contribution in [0.3, 0.4) is 0 Å². The summed E-state index contributed by atoms with van der Waals surface area (Å²) in [6, 6.07) is 0. The molecule has 0 bridgehead atoms. The zero-order valence-electron chi connectivity index (χ0n) is 4.62. The molecule has 0 rings (SSSR count). The van der Waals surface area contributed by atoms with Gasteiger partial charge in [0.1, 0.15) is 0 Å². The first-order valence-corrected chi connectivity index (χ1v) is 9.44. The Labute approximate surface area is 65.5 Å². The van der Waals surface area contributed by atoms with Gasteiger partial charge in [-0.1, -0.05) is 0 Å². The van der Waals surface area contributed by atoms with E-state index in [1.54, 1.807) is 0 Å². The summed E-state index contributed by atoms with van der Waals surface area (Å²) in [5, 5.41) is 0. The number of hydrogen-bond acceptors (Lipinski definition) is 0. The van der Waals surface area contributed by atoms with Crippen LogP contribution in [0, 0.1) is 0 Å². The maximum atomic E-state index is 5.75. The summed E-state index contributed by atoms with van der Waals surface area (Å²) in [5.74, 6) is 1.83. The SMILES string of the molecule is C/C(=C\Cl)[Se](C)(Cl)Cl. The third-order valence-electron chi connectivity index (χ3n) is 0.719. The molecule has 0 unspecified atom stereocenters. The molecule has 0 saturated carbocycles. The van der Waals surface area contributed by atoms with Gasteiger partial charge in [-0.15, -0.1) is 0 Å². The summed E-state index contributed by atoms with van der Waals surface area (Å²) in [7, 11) is 11.5. The van der Waals surface area contributed by atoms with Crippen molar-refractivity contribution in [3.8, 4) is 0 Å². The van der Waals surface area contributed by atoms with Crippen LogP contribution in [-0.2, 0) is 0 Å². The summed E-state index contributed by atoms with van der Waals surface area (Å²) < 4.78 is 0.909. The standard InChI is InChI=1S/C4H7Cl3Se/c1-4(3-5)8(2,6)7/h3H,1-2H3/b4-3+. The predicted molar refractivity (Wildman–Crippen MR) is 42.9 cm³/mol. The molecule has 0 atom stereocenters. The van der Waals surface area contributed by atoms with Gasteiger partial charge in [0.05, 0.1) is 0 Å². The van der Waals surface area contributed by atoms with Gasteiger partial charge in [-0.2, -0.15) is 0 Å². The molecule has 8 heavy (non-hydrogen) atoms. The number of allylic oxidation sites excluding steroid dienone is 1. The summed E-state index contributed by atoms with van der Waals surface area (Å²) >= 11 is 3.10. The van der Waals surface area contributed by atoms with Crippen LogP contribution in [-0.4, -0.2) is 11.0 Å². The van der Waals surface area contributed by atoms with Crippen molar-refractivity contribution in [1.82, 2.24) is 0 Å². The van der Waals surface area contributed by atoms with Gasteiger partial charge in [0, 0.05) is 0 Å². The topological polar surface area (TPSA) is 0 Å². The van der Waals surface area contributed by atoms with Crippen molar-refractivity contribution in [1.29, 1.82) is 0 Å². The van der Waals surface area contributed by atoms with E-state index in [-0.39, 0.29) is 0 Å². The van der Waals surface area contributed by atoms with Gasteiger partial charge in [0.2, 0.25) is 0 Å². The van der Waals surface area contributed by atoms with Gasteiger partial charge in [-0.3, -0.25) is 0 Å². The molecule has 0 radical (unpaired) electrons. The molecule has 0 aromatic carbocycles. The Kier molecular flexibility index (Phi) is 3.81. The van der Waals surface area contributed by atoms with Crippen LogP contribution in [0.2, 0.25) is 5.82 Å². The van der Waals surface area contributed by atoms with Crippen LogP contribution in [0.1, 0.15) is 6.92 Å². The van der Waals surface area contributed by atoms with E-state index in [9.17, 15) is 0 Å². The summed E-state index contributed by atoms with van der Waals surface area (Å²) in [6.07, 6.45) is 0. The van der Waals surface area contributed by atoms with Gasteiger partial charge < -0.3 is 0 Å². The normalized spacial score (nSPS) is 16.4. The zero-order chi connectivity index (χ0) is 6.78. The number of rotatable bonds is 1. The fourth-order valence-corrected chi connectivity index (χ4v) is 2.27. The van der Waals surface area contributed by atoms with Gasteiger partial charge in [0.15, 0.2) is 0 Å². The van der Waals surface area contributed by atoms with Crippen molar-refractivity contribution in [2.75, 3.05) is 0 Å². The molecule has 0 N–H and O–H groups in total. The van der Waals surface area contributed by atoms with Crippen LogP contribution in [0.15, 0.2) is 10.0 Å². The molecule has 50 valence electrons. The maximum absolute atomic E-state index is 5.75. The third-order valence-corrected chi connectivity index (χ3v) is 6.49. The second-order valence-electron chi connectivity index (χ2n) is 1.45. The first-order chi connectivity index (χ1) is 3.48. The first kappa shape index (κ1) is 9.13. The molecule has 0 aliphatic carbocycles. The predicted octanol–water partition coefficient (Wildman–Crippen LogP) is 3.22. The van der Waals surface area contributed by atoms with Crippen LogP contribution in [0.4, 0.5) is 0 Å². The molecule has 0 fully saturated rings. The molecular weight excluding hydrogens is 233 g/mol. The van der Waals surface area contributed by atoms with Crippen LogP contribution >= 0.6 is 31.8 Å². The molecule has 0 aromatic heterocycles. The Bertz CT molecular complexity index is 102. The minimum absolute atomic E-state index is 0.909. The fourth-order valence-electron chi connectivity index (χ4n) is 0.0782. The van der Waals surface area contributed by atoms with E-state index >= 15 is 0 Å². The van der Waals surface area contributed by atoms with Crippen molar-refractivity contribution in [3.05, 3.63) is 10.0 Å². The third kappa shape index (κ3) is 3.21. The fraction of sp³-hybridized carbons (Fsp3) is 0.500. The molecule has 0 aromatic rings. The van der Waals surface area contributed by atoms with E-state index < -0.39 is 11.0 Å². The van der Waals surface area contributed by atoms with Crippen molar-refractivity contribution in [3.63, 3.8) is 0 Å². The molecule has 0 heterocycles. The van der Waals surface area contributed by atoms with Crippen molar-refractivity contribution in [2.45, 2.75) is 12.7 Å². The summed E-state index contributed by atoms with van der Waals surface area (Å²) in [6.45, 7) is 1.84. The number of halogens is 3. The van der Waals surface area contributed by atoms with E-state index in [0.717, 1.165) is 4.47 Å². The Morgan fingerprint density at radius 1 is 1.50 bits per heavy atom. The van der Waals surface area contributed by atoms with E-state index in [0.29, 0.717) is 0 Å². The van der Waals surface area contributed by atoms with Crippen LogP contribution in [0.25, 0.3) is 0 Å². The van der Waals surface area contributed by atoms with Crippen LogP contribution in [0.5, 0.6) is 0 Å². The van der Waals surface area contributed by atoms with Crippen molar-refractivity contribution >= 4 is 42.8 Å². The van der Waals surface area contributed by atoms with E-state index in [1.165, 1.54) is 5.54 Å². The Balaban J connectivity index is 4.03. The molecule has 0 amide bonds. The van der Waals surface area contributed by atoms with Gasteiger partial charge in [-0.05, 0) is 0 Å². The second-order valence-corrected chi connectivity index (χ2v) is 13.3. The first-order valence-electron chi connectivity index (χ1n) is 1.93. The Morgan fingerprint density at radius 2 is 1.88 bits per heavy atom. The Hall–Kier alpha value is 1.13. The quantitative estimate of drug-likeness (QED) is 0.617. The Morgan fingerprint density at radius 3 is 1.88 bits per heavy atom. The second kappa shape index (κ2) is 3.34. The molecule has 0 nitrogen and oxygen atoms in total. The van der Waals surface area contributed by atoms with Gasteiger partial charge in [-0.25, -0.2) is 0 Å². The van der Waals surface area contributed by atoms with Crippen LogP contribution < -0.4 is 0 Å². The van der Waals surface area contributed by atoms with Crippen molar-refractivity contribution < 1.29 is 0 Å². The summed E-state index contributed by atoms with van der Waals surface area (Å²) in [4.78, 5) is 0. The average Bonchev–Trinajstić information content (AvgIpc) is 1.62. The van der Waals surface area contributed by atoms with E-state index in [2.05, 4.69) is 0 Å². The van der Waals surface area contributed by atoms with E-state index in [4.69, 9.17) is 31.8 Å². The molecule has 0 spiro atoms. The molecule has 0 aliphatic rings. The zero-order valence-corrected chi connectivity index (χ0v) is 8.60. The molecule has 0 aliphatic heterocycles. The average molecular weight is 240 g/mol. The van der Waals surface area contributed by atoms with Gasteiger partial charge >= 0.3 is 65.6 Å². The summed E-state index contributed by atoms with van der Waals surface area (Å²) in [5.41, 5.74) is 1.44. The van der Waals surface area contributed by atoms with E-state index in [1.807, 2.05) is 12.7 Å². The minimum atomic E-state index is -2.25. The molecular formula is C4H7Cl3Se.